The van der Waals surface area contributed by atoms with Crippen LogP contribution in [0.1, 0.15) is 12.8 Å². The lowest BCUT2D eigenvalue weighted by atomic mass is 10.1. The van der Waals surface area contributed by atoms with Crippen LogP contribution >= 0.6 is 0 Å². The molecule has 1 aliphatic heterocycles. The van der Waals surface area contributed by atoms with Crippen LogP contribution in [0, 0.1) is 0 Å². The molecule has 0 radical (unpaired) electrons. The summed E-state index contributed by atoms with van der Waals surface area (Å²) >= 11 is 0. The Hall–Kier alpha value is -1.62. The van der Waals surface area contributed by atoms with Crippen molar-refractivity contribution in [3.05, 3.63) is 24.8 Å². The van der Waals surface area contributed by atoms with Crippen molar-refractivity contribution in [2.24, 2.45) is 0 Å². The molecule has 1 unspecified atom stereocenters. The quantitative estimate of drug-likeness (QED) is 0.812. The van der Waals surface area contributed by atoms with Gasteiger partial charge in [-0.3, -0.25) is 9.38 Å². The molecule has 1 saturated heterocycles. The topological polar surface area (TPSA) is 51.5 Å². The average Bonchev–Trinajstić information content (AvgIpc) is 2.74. The fraction of sp³-hybridized carbons (Fsp3) is 0.455. The van der Waals surface area contributed by atoms with E-state index in [1.54, 1.807) is 18.6 Å². The van der Waals surface area contributed by atoms with Crippen LogP contribution in [0.2, 0.25) is 0 Å². The molecule has 0 aromatic carbocycles. The van der Waals surface area contributed by atoms with E-state index in [1.807, 2.05) is 10.6 Å². The van der Waals surface area contributed by atoms with Gasteiger partial charge in [-0.25, -0.2) is 4.98 Å². The summed E-state index contributed by atoms with van der Waals surface area (Å²) in [6, 6.07) is 0. The van der Waals surface area contributed by atoms with Crippen molar-refractivity contribution in [1.29, 1.82) is 0 Å². The first-order valence-corrected chi connectivity index (χ1v) is 5.58. The van der Waals surface area contributed by atoms with E-state index in [1.165, 1.54) is 6.42 Å². The number of fused-ring (bicyclic) bond motifs is 1. The van der Waals surface area contributed by atoms with E-state index < -0.39 is 0 Å². The third-order valence-electron chi connectivity index (χ3n) is 2.82. The molecule has 0 spiro atoms. The first kappa shape index (κ1) is 9.59. The summed E-state index contributed by atoms with van der Waals surface area (Å²) in [5, 5.41) is 3.33. The SMILES string of the molecule is c1cn2c(OC3CCCNC3)cnc2cn1. The van der Waals surface area contributed by atoms with E-state index >= 15 is 0 Å². The Bertz CT molecular complexity index is 476. The Balaban J connectivity index is 1.83. The second kappa shape index (κ2) is 4.09. The van der Waals surface area contributed by atoms with Crippen LogP contribution in [0.25, 0.3) is 5.65 Å². The highest BCUT2D eigenvalue weighted by molar-refractivity contribution is 5.39. The number of rotatable bonds is 2. The van der Waals surface area contributed by atoms with Gasteiger partial charge in [-0.15, -0.1) is 0 Å². The van der Waals surface area contributed by atoms with E-state index in [4.69, 9.17) is 4.74 Å². The number of piperidine rings is 1. The zero-order valence-corrected chi connectivity index (χ0v) is 8.97. The Kier molecular flexibility index (Phi) is 2.46. The Labute approximate surface area is 93.5 Å². The predicted molar refractivity (Wildman–Crippen MR) is 59.5 cm³/mol. The fourth-order valence-electron chi connectivity index (χ4n) is 2.00. The molecule has 2 aromatic rings. The minimum atomic E-state index is 0.252. The van der Waals surface area contributed by atoms with Gasteiger partial charge in [0.15, 0.2) is 5.65 Å². The van der Waals surface area contributed by atoms with Crippen molar-refractivity contribution in [2.75, 3.05) is 13.1 Å². The summed E-state index contributed by atoms with van der Waals surface area (Å²) in [6.07, 6.45) is 9.61. The van der Waals surface area contributed by atoms with E-state index in [9.17, 15) is 0 Å². The molecule has 1 atom stereocenters. The van der Waals surface area contributed by atoms with Gasteiger partial charge in [0.2, 0.25) is 5.88 Å². The van der Waals surface area contributed by atoms with Gasteiger partial charge in [-0.1, -0.05) is 0 Å². The first-order chi connectivity index (χ1) is 7.93. The number of nitrogens with zero attached hydrogens (tertiary/aromatic N) is 3. The summed E-state index contributed by atoms with van der Waals surface area (Å²) in [5.74, 6) is 0.797. The van der Waals surface area contributed by atoms with E-state index in [0.29, 0.717) is 0 Å². The average molecular weight is 218 g/mol. The van der Waals surface area contributed by atoms with Gasteiger partial charge in [0.25, 0.3) is 0 Å². The van der Waals surface area contributed by atoms with Crippen molar-refractivity contribution in [3.8, 4) is 5.88 Å². The number of hydrogen-bond acceptors (Lipinski definition) is 4. The molecule has 0 bridgehead atoms. The van der Waals surface area contributed by atoms with Crippen LogP contribution in [0.4, 0.5) is 0 Å². The molecule has 0 amide bonds. The highest BCUT2D eigenvalue weighted by atomic mass is 16.5. The maximum atomic E-state index is 5.92. The van der Waals surface area contributed by atoms with E-state index in [0.717, 1.165) is 31.0 Å². The number of aromatic nitrogens is 3. The molecule has 84 valence electrons. The van der Waals surface area contributed by atoms with Crippen molar-refractivity contribution in [1.82, 2.24) is 19.7 Å². The number of imidazole rings is 1. The second-order valence-corrected chi connectivity index (χ2v) is 3.99. The summed E-state index contributed by atoms with van der Waals surface area (Å²) in [4.78, 5) is 8.26. The maximum absolute atomic E-state index is 5.92. The van der Waals surface area contributed by atoms with Crippen molar-refractivity contribution >= 4 is 5.65 Å². The van der Waals surface area contributed by atoms with Crippen LogP contribution in [-0.2, 0) is 0 Å². The third kappa shape index (κ3) is 1.74. The minimum Gasteiger partial charge on any atom is -0.473 e. The molecule has 5 nitrogen and oxygen atoms in total. The molecular weight excluding hydrogens is 204 g/mol. The molecule has 1 fully saturated rings. The molecule has 3 heterocycles. The smallest absolute Gasteiger partial charge is 0.218 e. The second-order valence-electron chi connectivity index (χ2n) is 3.99. The summed E-state index contributed by atoms with van der Waals surface area (Å²) in [6.45, 7) is 2.01. The monoisotopic (exact) mass is 218 g/mol. The Morgan fingerprint density at radius 1 is 1.44 bits per heavy atom. The predicted octanol–water partition coefficient (Wildman–Crippen LogP) is 0.860. The van der Waals surface area contributed by atoms with Crippen LogP contribution in [0.3, 0.4) is 0 Å². The van der Waals surface area contributed by atoms with Gasteiger partial charge in [0.1, 0.15) is 6.10 Å². The highest BCUT2D eigenvalue weighted by Gasteiger charge is 2.16. The van der Waals surface area contributed by atoms with Gasteiger partial charge in [-0.05, 0) is 19.4 Å². The van der Waals surface area contributed by atoms with Crippen molar-refractivity contribution < 1.29 is 4.74 Å². The highest BCUT2D eigenvalue weighted by Crippen LogP contribution is 2.16. The van der Waals surface area contributed by atoms with Gasteiger partial charge in [0.05, 0.1) is 12.4 Å². The molecular formula is C11H14N4O. The number of nitrogens with one attached hydrogen (secondary N) is 1. The molecule has 3 rings (SSSR count). The molecule has 0 saturated carbocycles. The first-order valence-electron chi connectivity index (χ1n) is 5.58. The summed E-state index contributed by atoms with van der Waals surface area (Å²) < 4.78 is 7.84. The van der Waals surface area contributed by atoms with Crippen molar-refractivity contribution in [3.63, 3.8) is 0 Å². The van der Waals surface area contributed by atoms with Gasteiger partial charge >= 0.3 is 0 Å². The molecule has 16 heavy (non-hydrogen) atoms. The van der Waals surface area contributed by atoms with E-state index in [2.05, 4.69) is 15.3 Å². The largest absolute Gasteiger partial charge is 0.473 e. The summed E-state index contributed by atoms with van der Waals surface area (Å²) in [7, 11) is 0. The number of hydrogen-bond donors (Lipinski definition) is 1. The molecule has 2 aromatic heterocycles. The van der Waals surface area contributed by atoms with E-state index in [-0.39, 0.29) is 6.10 Å². The lowest BCUT2D eigenvalue weighted by molar-refractivity contribution is 0.159. The minimum absolute atomic E-state index is 0.252. The number of ether oxygens (including phenoxy) is 1. The van der Waals surface area contributed by atoms with Crippen LogP contribution in [-0.4, -0.2) is 33.6 Å². The molecule has 1 aliphatic rings. The molecule has 0 aliphatic carbocycles. The zero-order chi connectivity index (χ0) is 10.8. The van der Waals surface area contributed by atoms with Crippen LogP contribution in [0.5, 0.6) is 5.88 Å². The Morgan fingerprint density at radius 3 is 3.31 bits per heavy atom. The lowest BCUT2D eigenvalue weighted by Gasteiger charge is -2.23. The zero-order valence-electron chi connectivity index (χ0n) is 8.97. The fourth-order valence-corrected chi connectivity index (χ4v) is 2.00. The van der Waals surface area contributed by atoms with Crippen LogP contribution < -0.4 is 10.1 Å². The maximum Gasteiger partial charge on any atom is 0.218 e. The van der Waals surface area contributed by atoms with Gasteiger partial charge in [0, 0.05) is 18.9 Å². The Morgan fingerprint density at radius 2 is 2.44 bits per heavy atom. The normalized spacial score (nSPS) is 21.1. The molecule has 1 N–H and O–H groups in total. The summed E-state index contributed by atoms with van der Waals surface area (Å²) in [5.41, 5.74) is 0.821. The van der Waals surface area contributed by atoms with Gasteiger partial charge in [-0.2, -0.15) is 0 Å². The van der Waals surface area contributed by atoms with Gasteiger partial charge < -0.3 is 10.1 Å². The lowest BCUT2D eigenvalue weighted by Crippen LogP contribution is -2.37. The van der Waals surface area contributed by atoms with Crippen LogP contribution in [0.15, 0.2) is 24.8 Å². The van der Waals surface area contributed by atoms with Crippen molar-refractivity contribution in [2.45, 2.75) is 18.9 Å². The third-order valence-corrected chi connectivity index (χ3v) is 2.82. The standard InChI is InChI=1S/C11H14N4O/c1-2-9(6-12-3-1)16-11-8-14-10-7-13-4-5-15(10)11/h4-5,7-9,12H,1-3,6H2. The molecule has 5 heteroatoms.